The van der Waals surface area contributed by atoms with Crippen molar-refractivity contribution in [2.24, 2.45) is 11.8 Å². The first-order chi connectivity index (χ1) is 12.8. The summed E-state index contributed by atoms with van der Waals surface area (Å²) in [6.45, 7) is 5.41. The molecule has 0 aliphatic heterocycles. The van der Waals surface area contributed by atoms with Gasteiger partial charge in [-0.15, -0.1) is 0 Å². The van der Waals surface area contributed by atoms with Crippen molar-refractivity contribution in [2.45, 2.75) is 52.9 Å². The molecule has 0 saturated heterocycles. The van der Waals surface area contributed by atoms with Gasteiger partial charge in [-0.3, -0.25) is 14.4 Å². The third-order valence-electron chi connectivity index (χ3n) is 5.14. The number of aliphatic carboxylic acids is 1. The number of carboxylic acid groups (broad SMARTS) is 1. The molecule has 6 heteroatoms. The molecule has 1 saturated carbocycles. The van der Waals surface area contributed by atoms with Gasteiger partial charge in [0.25, 0.3) is 0 Å². The van der Waals surface area contributed by atoms with Crippen LogP contribution in [0.3, 0.4) is 0 Å². The number of benzene rings is 1. The number of hydrogen-bond acceptors (Lipinski definition) is 3. The lowest BCUT2D eigenvalue weighted by Gasteiger charge is -2.27. The molecule has 2 unspecified atom stereocenters. The van der Waals surface area contributed by atoms with Crippen molar-refractivity contribution in [3.05, 3.63) is 35.5 Å². The maximum atomic E-state index is 12.5. The van der Waals surface area contributed by atoms with E-state index in [1.807, 2.05) is 26.0 Å². The van der Waals surface area contributed by atoms with Crippen molar-refractivity contribution in [1.82, 2.24) is 5.32 Å². The molecular weight excluding hydrogens is 344 g/mol. The Kier molecular flexibility index (Phi) is 7.16. The van der Waals surface area contributed by atoms with Crippen molar-refractivity contribution in [2.75, 3.05) is 5.32 Å². The first-order valence-electron chi connectivity index (χ1n) is 9.45. The summed E-state index contributed by atoms with van der Waals surface area (Å²) in [6.07, 6.45) is 3.61. The Morgan fingerprint density at radius 1 is 1.04 bits per heavy atom. The highest BCUT2D eigenvalue weighted by Gasteiger charge is 2.35. The molecule has 2 rings (SSSR count). The Hall–Kier alpha value is -2.63. The van der Waals surface area contributed by atoms with E-state index >= 15 is 0 Å². The lowest BCUT2D eigenvalue weighted by atomic mass is 9.78. The van der Waals surface area contributed by atoms with Crippen LogP contribution in [-0.4, -0.2) is 22.9 Å². The van der Waals surface area contributed by atoms with Crippen LogP contribution >= 0.6 is 0 Å². The number of carbonyl (C=O) groups is 3. The van der Waals surface area contributed by atoms with Crippen LogP contribution in [0.15, 0.2) is 30.0 Å². The van der Waals surface area contributed by atoms with Gasteiger partial charge in [-0.25, -0.2) is 0 Å². The number of anilines is 1. The lowest BCUT2D eigenvalue weighted by molar-refractivity contribution is -0.147. The predicted octanol–water partition coefficient (Wildman–Crippen LogP) is 3.79. The smallest absolute Gasteiger partial charge is 0.307 e. The van der Waals surface area contributed by atoms with E-state index in [9.17, 15) is 19.5 Å². The number of carboxylic acids is 1. The molecule has 1 aromatic carbocycles. The first kappa shape index (κ1) is 20.7. The van der Waals surface area contributed by atoms with Crippen LogP contribution in [0.5, 0.6) is 0 Å². The van der Waals surface area contributed by atoms with Gasteiger partial charge in [0.05, 0.1) is 11.8 Å². The average Bonchev–Trinajstić information content (AvgIpc) is 2.66. The summed E-state index contributed by atoms with van der Waals surface area (Å²) < 4.78 is 0. The molecule has 0 bridgehead atoms. The minimum Gasteiger partial charge on any atom is -0.481 e. The van der Waals surface area contributed by atoms with Crippen molar-refractivity contribution in [3.63, 3.8) is 0 Å². The second-order valence-corrected chi connectivity index (χ2v) is 7.04. The topological polar surface area (TPSA) is 95.5 Å². The van der Waals surface area contributed by atoms with E-state index in [1.165, 1.54) is 6.92 Å². The quantitative estimate of drug-likeness (QED) is 0.708. The van der Waals surface area contributed by atoms with E-state index in [4.69, 9.17) is 0 Å². The molecule has 0 heterocycles. The summed E-state index contributed by atoms with van der Waals surface area (Å²) in [5, 5.41) is 15.0. The first-order valence-corrected chi connectivity index (χ1v) is 9.45. The molecule has 0 aromatic heterocycles. The summed E-state index contributed by atoms with van der Waals surface area (Å²) in [7, 11) is 0. The van der Waals surface area contributed by atoms with E-state index in [1.54, 1.807) is 12.1 Å². The van der Waals surface area contributed by atoms with Crippen LogP contribution in [-0.2, 0) is 14.4 Å². The van der Waals surface area contributed by atoms with Gasteiger partial charge < -0.3 is 15.7 Å². The van der Waals surface area contributed by atoms with E-state index in [0.29, 0.717) is 24.9 Å². The third-order valence-corrected chi connectivity index (χ3v) is 5.14. The molecular formula is C21H28N2O4. The highest BCUT2D eigenvalue weighted by Crippen LogP contribution is 2.31. The van der Waals surface area contributed by atoms with Crippen molar-refractivity contribution >= 4 is 29.0 Å². The maximum Gasteiger partial charge on any atom is 0.307 e. The fourth-order valence-corrected chi connectivity index (χ4v) is 3.61. The molecule has 3 N–H and O–H groups in total. The third kappa shape index (κ3) is 5.42. The van der Waals surface area contributed by atoms with Gasteiger partial charge in [0.1, 0.15) is 0 Å². The Morgan fingerprint density at radius 3 is 2.15 bits per heavy atom. The van der Waals surface area contributed by atoms with Crippen molar-refractivity contribution < 1.29 is 19.5 Å². The number of nitrogens with one attached hydrogen (secondary N) is 2. The molecule has 1 fully saturated rings. The zero-order valence-electron chi connectivity index (χ0n) is 16.2. The zero-order chi connectivity index (χ0) is 20.0. The molecule has 6 nitrogen and oxygen atoms in total. The van der Waals surface area contributed by atoms with Gasteiger partial charge in [0.2, 0.25) is 11.8 Å². The Labute approximate surface area is 160 Å². The summed E-state index contributed by atoms with van der Waals surface area (Å²) in [6, 6.07) is 7.38. The Morgan fingerprint density at radius 2 is 1.63 bits per heavy atom. The maximum absolute atomic E-state index is 12.5. The number of amides is 2. The second-order valence-electron chi connectivity index (χ2n) is 7.04. The van der Waals surface area contributed by atoms with Crippen LogP contribution in [0.4, 0.5) is 5.69 Å². The minimum absolute atomic E-state index is 0.101. The van der Waals surface area contributed by atoms with Crippen LogP contribution in [0.2, 0.25) is 0 Å². The fraction of sp³-hybridized carbons (Fsp3) is 0.476. The molecule has 1 aliphatic carbocycles. The van der Waals surface area contributed by atoms with Crippen LogP contribution in [0, 0.1) is 11.8 Å². The SMILES string of the molecule is CC/C(NC(C)=O)=C(\C)c1ccc(NC(=O)C2CCCCC2C(=O)O)cc1. The number of hydrogen-bond donors (Lipinski definition) is 3. The second kappa shape index (κ2) is 9.35. The molecule has 27 heavy (non-hydrogen) atoms. The summed E-state index contributed by atoms with van der Waals surface area (Å²) >= 11 is 0. The molecule has 2 amide bonds. The Balaban J connectivity index is 2.11. The fourth-order valence-electron chi connectivity index (χ4n) is 3.61. The molecule has 1 aromatic rings. The van der Waals surface area contributed by atoms with Gasteiger partial charge in [0.15, 0.2) is 0 Å². The standard InChI is InChI=1S/C21H28N2O4/c1-4-19(22-14(3)24)13(2)15-9-11-16(12-10-15)23-20(25)17-7-5-6-8-18(17)21(26)27/h9-12,17-18H,4-8H2,1-3H3,(H,22,24)(H,23,25)(H,26,27)/b19-13-. The monoisotopic (exact) mass is 372 g/mol. The van der Waals surface area contributed by atoms with Gasteiger partial charge in [-0.1, -0.05) is 31.9 Å². The molecule has 2 atom stereocenters. The van der Waals surface area contributed by atoms with E-state index in [0.717, 1.165) is 29.7 Å². The highest BCUT2D eigenvalue weighted by molar-refractivity contribution is 5.95. The van der Waals surface area contributed by atoms with Gasteiger partial charge in [-0.05, 0) is 49.5 Å². The molecule has 1 aliphatic rings. The van der Waals surface area contributed by atoms with Gasteiger partial charge in [0, 0.05) is 18.3 Å². The lowest BCUT2D eigenvalue weighted by Crippen LogP contribution is -2.36. The molecule has 0 spiro atoms. The molecule has 0 radical (unpaired) electrons. The number of carbonyl (C=O) groups excluding carboxylic acids is 2. The predicted molar refractivity (Wildman–Crippen MR) is 105 cm³/mol. The van der Waals surface area contributed by atoms with Crippen LogP contribution in [0.1, 0.15) is 58.4 Å². The number of rotatable bonds is 6. The summed E-state index contributed by atoms with van der Waals surface area (Å²) in [5.74, 6) is -2.31. The largest absolute Gasteiger partial charge is 0.481 e. The Bertz CT molecular complexity index is 737. The summed E-state index contributed by atoms with van der Waals surface area (Å²) in [4.78, 5) is 35.3. The normalized spacial score (nSPS) is 20.4. The van der Waals surface area contributed by atoms with Crippen LogP contribution < -0.4 is 10.6 Å². The summed E-state index contributed by atoms with van der Waals surface area (Å²) in [5.41, 5.74) is 3.44. The number of allylic oxidation sites excluding steroid dienone is 2. The van der Waals surface area contributed by atoms with E-state index < -0.39 is 17.8 Å². The molecule has 146 valence electrons. The average molecular weight is 372 g/mol. The van der Waals surface area contributed by atoms with Crippen LogP contribution in [0.25, 0.3) is 5.57 Å². The van der Waals surface area contributed by atoms with E-state index in [-0.39, 0.29) is 11.8 Å². The minimum atomic E-state index is -0.893. The van der Waals surface area contributed by atoms with Crippen molar-refractivity contribution in [3.8, 4) is 0 Å². The van der Waals surface area contributed by atoms with E-state index in [2.05, 4.69) is 10.6 Å². The van der Waals surface area contributed by atoms with Gasteiger partial charge >= 0.3 is 5.97 Å². The van der Waals surface area contributed by atoms with Crippen molar-refractivity contribution in [1.29, 1.82) is 0 Å². The zero-order valence-corrected chi connectivity index (χ0v) is 16.2. The van der Waals surface area contributed by atoms with Gasteiger partial charge in [-0.2, -0.15) is 0 Å². The highest BCUT2D eigenvalue weighted by atomic mass is 16.4.